The summed E-state index contributed by atoms with van der Waals surface area (Å²) in [6.07, 6.45) is 4.53. The van der Waals surface area contributed by atoms with Crippen LogP contribution in [0.1, 0.15) is 46.0 Å². The highest BCUT2D eigenvalue weighted by molar-refractivity contribution is 7.92. The number of anilines is 2. The van der Waals surface area contributed by atoms with Crippen molar-refractivity contribution in [2.75, 3.05) is 16.2 Å². The van der Waals surface area contributed by atoms with Gasteiger partial charge in [-0.05, 0) is 62.0 Å². The van der Waals surface area contributed by atoms with Crippen molar-refractivity contribution in [3.8, 4) is 0 Å². The molecule has 0 heterocycles. The minimum absolute atomic E-state index is 0.121. The first-order valence-corrected chi connectivity index (χ1v) is 12.0. The first kappa shape index (κ1) is 23.8. The SMILES string of the molecule is CCCCCCC(=O)NC(=S)Nc1ccc(S(=O)(=O)N(CC)c2ccccc2)cc1. The number of nitrogens with one attached hydrogen (secondary N) is 2. The standard InChI is InChI=1S/C22H29N3O3S2/c1-3-5-6-10-13-21(26)24-22(29)23-18-14-16-20(17-15-18)30(27,28)25(4-2)19-11-8-7-9-12-19/h7-9,11-12,14-17H,3-6,10,13H2,1-2H3,(H2,23,24,26,29). The molecule has 0 aliphatic rings. The van der Waals surface area contributed by atoms with E-state index in [9.17, 15) is 13.2 Å². The minimum atomic E-state index is -3.68. The Kier molecular flexibility index (Phi) is 9.26. The van der Waals surface area contributed by atoms with E-state index in [-0.39, 0.29) is 15.9 Å². The second-order valence-electron chi connectivity index (χ2n) is 6.84. The fourth-order valence-electron chi connectivity index (χ4n) is 2.99. The van der Waals surface area contributed by atoms with Crippen LogP contribution in [0.2, 0.25) is 0 Å². The van der Waals surface area contributed by atoms with E-state index in [4.69, 9.17) is 12.2 Å². The topological polar surface area (TPSA) is 78.5 Å². The first-order chi connectivity index (χ1) is 14.4. The third-order valence-corrected chi connectivity index (χ3v) is 6.66. The predicted molar refractivity (Wildman–Crippen MR) is 126 cm³/mol. The maximum atomic E-state index is 13.0. The van der Waals surface area contributed by atoms with Crippen LogP contribution in [0, 0.1) is 0 Å². The predicted octanol–water partition coefficient (Wildman–Crippen LogP) is 4.69. The van der Waals surface area contributed by atoms with E-state index in [1.54, 1.807) is 43.3 Å². The van der Waals surface area contributed by atoms with Crippen molar-refractivity contribution < 1.29 is 13.2 Å². The number of para-hydroxylation sites is 1. The summed E-state index contributed by atoms with van der Waals surface area (Å²) in [7, 11) is -3.68. The van der Waals surface area contributed by atoms with E-state index in [1.807, 2.05) is 6.07 Å². The van der Waals surface area contributed by atoms with Crippen molar-refractivity contribution in [2.24, 2.45) is 0 Å². The molecule has 0 fully saturated rings. The number of nitrogens with zero attached hydrogens (tertiary/aromatic N) is 1. The zero-order chi connectivity index (χ0) is 22.0. The van der Waals surface area contributed by atoms with Gasteiger partial charge < -0.3 is 10.6 Å². The van der Waals surface area contributed by atoms with E-state index in [0.717, 1.165) is 25.7 Å². The van der Waals surface area contributed by atoms with Gasteiger partial charge in [0.05, 0.1) is 10.6 Å². The number of sulfonamides is 1. The van der Waals surface area contributed by atoms with Crippen LogP contribution in [-0.4, -0.2) is 26.0 Å². The van der Waals surface area contributed by atoms with E-state index in [0.29, 0.717) is 24.3 Å². The number of hydrogen-bond donors (Lipinski definition) is 2. The molecule has 2 N–H and O–H groups in total. The Morgan fingerprint density at radius 2 is 1.63 bits per heavy atom. The molecule has 0 aliphatic carbocycles. The molecular formula is C22H29N3O3S2. The lowest BCUT2D eigenvalue weighted by atomic mass is 10.1. The highest BCUT2D eigenvalue weighted by atomic mass is 32.2. The summed E-state index contributed by atoms with van der Waals surface area (Å²) in [6.45, 7) is 4.24. The quantitative estimate of drug-likeness (QED) is 0.408. The van der Waals surface area contributed by atoms with Crippen LogP contribution < -0.4 is 14.9 Å². The lowest BCUT2D eigenvalue weighted by molar-refractivity contribution is -0.119. The van der Waals surface area contributed by atoms with Crippen molar-refractivity contribution in [2.45, 2.75) is 50.8 Å². The third kappa shape index (κ3) is 6.81. The molecule has 0 saturated heterocycles. The minimum Gasteiger partial charge on any atom is -0.332 e. The Hall–Kier alpha value is -2.45. The van der Waals surface area contributed by atoms with E-state index >= 15 is 0 Å². The molecule has 162 valence electrons. The molecule has 0 spiro atoms. The summed E-state index contributed by atoms with van der Waals surface area (Å²) in [5, 5.41) is 5.77. The van der Waals surface area contributed by atoms with Gasteiger partial charge in [0.15, 0.2) is 5.11 Å². The molecule has 0 radical (unpaired) electrons. The molecule has 0 bridgehead atoms. The van der Waals surface area contributed by atoms with E-state index < -0.39 is 10.0 Å². The van der Waals surface area contributed by atoms with Gasteiger partial charge in [-0.3, -0.25) is 9.10 Å². The fourth-order valence-corrected chi connectivity index (χ4v) is 4.69. The van der Waals surface area contributed by atoms with Gasteiger partial charge in [0.1, 0.15) is 0 Å². The van der Waals surface area contributed by atoms with Gasteiger partial charge in [0.2, 0.25) is 5.91 Å². The van der Waals surface area contributed by atoms with Gasteiger partial charge in [0, 0.05) is 18.7 Å². The smallest absolute Gasteiger partial charge is 0.264 e. The highest BCUT2D eigenvalue weighted by Crippen LogP contribution is 2.24. The van der Waals surface area contributed by atoms with Crippen molar-refractivity contribution in [1.82, 2.24) is 5.32 Å². The third-order valence-electron chi connectivity index (χ3n) is 4.54. The van der Waals surface area contributed by atoms with Crippen LogP contribution in [0.3, 0.4) is 0 Å². The Labute approximate surface area is 184 Å². The number of hydrogen-bond acceptors (Lipinski definition) is 4. The van der Waals surface area contributed by atoms with Gasteiger partial charge in [0.25, 0.3) is 10.0 Å². The monoisotopic (exact) mass is 447 g/mol. The molecule has 2 aromatic rings. The Balaban J connectivity index is 1.98. The zero-order valence-electron chi connectivity index (χ0n) is 17.4. The summed E-state index contributed by atoms with van der Waals surface area (Å²) in [4.78, 5) is 12.1. The number of benzene rings is 2. The molecule has 30 heavy (non-hydrogen) atoms. The van der Waals surface area contributed by atoms with Crippen LogP contribution in [-0.2, 0) is 14.8 Å². The van der Waals surface area contributed by atoms with E-state index in [2.05, 4.69) is 17.6 Å². The summed E-state index contributed by atoms with van der Waals surface area (Å²) in [6, 6.07) is 15.3. The molecule has 0 aromatic heterocycles. The van der Waals surface area contributed by atoms with Crippen LogP contribution in [0.15, 0.2) is 59.5 Å². The summed E-state index contributed by atoms with van der Waals surface area (Å²) in [5.74, 6) is -0.121. The maximum Gasteiger partial charge on any atom is 0.264 e. The van der Waals surface area contributed by atoms with Crippen molar-refractivity contribution >= 4 is 44.6 Å². The Morgan fingerprint density at radius 3 is 2.23 bits per heavy atom. The lowest BCUT2D eigenvalue weighted by Crippen LogP contribution is -2.34. The summed E-state index contributed by atoms with van der Waals surface area (Å²) < 4.78 is 27.4. The molecule has 0 aliphatic heterocycles. The number of amides is 1. The van der Waals surface area contributed by atoms with Crippen molar-refractivity contribution in [1.29, 1.82) is 0 Å². The molecule has 2 aromatic carbocycles. The maximum absolute atomic E-state index is 13.0. The van der Waals surface area contributed by atoms with Crippen molar-refractivity contribution in [3.63, 3.8) is 0 Å². The van der Waals surface area contributed by atoms with Gasteiger partial charge in [-0.1, -0.05) is 44.4 Å². The largest absolute Gasteiger partial charge is 0.332 e. The van der Waals surface area contributed by atoms with Crippen molar-refractivity contribution in [3.05, 3.63) is 54.6 Å². The lowest BCUT2D eigenvalue weighted by Gasteiger charge is -2.23. The second-order valence-corrected chi connectivity index (χ2v) is 9.11. The molecule has 0 saturated carbocycles. The number of unbranched alkanes of at least 4 members (excludes halogenated alkanes) is 3. The van der Waals surface area contributed by atoms with Crippen LogP contribution >= 0.6 is 12.2 Å². The molecule has 1 amide bonds. The highest BCUT2D eigenvalue weighted by Gasteiger charge is 2.23. The first-order valence-electron chi connectivity index (χ1n) is 10.2. The average molecular weight is 448 g/mol. The van der Waals surface area contributed by atoms with Gasteiger partial charge in [-0.15, -0.1) is 0 Å². The van der Waals surface area contributed by atoms with Gasteiger partial charge in [-0.2, -0.15) is 0 Å². The molecule has 2 rings (SSSR count). The zero-order valence-corrected chi connectivity index (χ0v) is 19.1. The van der Waals surface area contributed by atoms with E-state index in [1.165, 1.54) is 16.4 Å². The average Bonchev–Trinajstić information content (AvgIpc) is 2.72. The molecular weight excluding hydrogens is 418 g/mol. The van der Waals surface area contributed by atoms with Crippen LogP contribution in [0.5, 0.6) is 0 Å². The summed E-state index contributed by atoms with van der Waals surface area (Å²) >= 11 is 5.17. The van der Waals surface area contributed by atoms with Gasteiger partial charge in [-0.25, -0.2) is 8.42 Å². The molecule has 0 atom stereocenters. The van der Waals surface area contributed by atoms with Gasteiger partial charge >= 0.3 is 0 Å². The molecule has 0 unspecified atom stereocenters. The number of rotatable bonds is 10. The number of thiocarbonyl (C=S) groups is 1. The molecule has 6 nitrogen and oxygen atoms in total. The summed E-state index contributed by atoms with van der Waals surface area (Å²) in [5.41, 5.74) is 1.22. The second kappa shape index (κ2) is 11.7. The Bertz CT molecular complexity index is 930. The Morgan fingerprint density at radius 1 is 0.967 bits per heavy atom. The molecule has 8 heteroatoms. The van der Waals surface area contributed by atoms with Crippen LogP contribution in [0.25, 0.3) is 0 Å². The fraction of sp³-hybridized carbons (Fsp3) is 0.364. The number of carbonyl (C=O) groups excluding carboxylic acids is 1. The normalized spacial score (nSPS) is 11.0. The van der Waals surface area contributed by atoms with Crippen LogP contribution in [0.4, 0.5) is 11.4 Å². The number of carbonyl (C=O) groups is 1.